The lowest BCUT2D eigenvalue weighted by atomic mass is 9.94. The van der Waals surface area contributed by atoms with E-state index in [1.165, 1.54) is 23.4 Å². The predicted molar refractivity (Wildman–Crippen MR) is 94.2 cm³/mol. The number of benzene rings is 2. The molecule has 1 aliphatic rings. The summed E-state index contributed by atoms with van der Waals surface area (Å²) < 4.78 is 1.12. The number of rotatable bonds is 4. The molecule has 2 nitrogen and oxygen atoms in total. The number of para-hydroxylation sites is 1. The molecule has 110 valence electrons. The summed E-state index contributed by atoms with van der Waals surface area (Å²) in [5.41, 5.74) is 4.07. The van der Waals surface area contributed by atoms with Crippen LogP contribution in [0.1, 0.15) is 12.5 Å². The third-order valence-electron chi connectivity index (χ3n) is 3.99. The molecule has 0 radical (unpaired) electrons. The van der Waals surface area contributed by atoms with E-state index in [-0.39, 0.29) is 0 Å². The fraction of sp³-hybridized carbons (Fsp3) is 0.333. The Kier molecular flexibility index (Phi) is 4.49. The van der Waals surface area contributed by atoms with Gasteiger partial charge in [-0.05, 0) is 48.2 Å². The van der Waals surface area contributed by atoms with E-state index in [4.69, 9.17) is 0 Å². The smallest absolute Gasteiger partial charge is 0.0399 e. The lowest BCUT2D eigenvalue weighted by Crippen LogP contribution is -2.37. The topological polar surface area (TPSA) is 15.3 Å². The Morgan fingerprint density at radius 1 is 1.14 bits per heavy atom. The minimum atomic E-state index is 0.729. The van der Waals surface area contributed by atoms with Gasteiger partial charge >= 0.3 is 0 Å². The SMILES string of the molecule is CC1Cc2ccccc2N(CCNc2ccc(Br)cc2)C1. The first-order valence-corrected chi connectivity index (χ1v) is 8.34. The van der Waals surface area contributed by atoms with Gasteiger partial charge in [-0.1, -0.05) is 41.1 Å². The second-order valence-corrected chi connectivity index (χ2v) is 6.73. The molecule has 3 heteroatoms. The van der Waals surface area contributed by atoms with Crippen molar-refractivity contribution in [3.05, 3.63) is 58.6 Å². The van der Waals surface area contributed by atoms with Gasteiger partial charge in [0.2, 0.25) is 0 Å². The van der Waals surface area contributed by atoms with Gasteiger partial charge in [0, 0.05) is 35.5 Å². The van der Waals surface area contributed by atoms with E-state index in [9.17, 15) is 0 Å². The Morgan fingerprint density at radius 3 is 2.71 bits per heavy atom. The zero-order chi connectivity index (χ0) is 14.7. The number of fused-ring (bicyclic) bond motifs is 1. The summed E-state index contributed by atoms with van der Waals surface area (Å²) in [5.74, 6) is 0.729. The highest BCUT2D eigenvalue weighted by Crippen LogP contribution is 2.29. The van der Waals surface area contributed by atoms with Gasteiger partial charge in [0.25, 0.3) is 0 Å². The molecule has 0 amide bonds. The quantitative estimate of drug-likeness (QED) is 0.874. The molecule has 0 aromatic heterocycles. The highest BCUT2D eigenvalue weighted by Gasteiger charge is 2.20. The first kappa shape index (κ1) is 14.5. The molecule has 0 fully saturated rings. The molecular weight excluding hydrogens is 324 g/mol. The molecule has 21 heavy (non-hydrogen) atoms. The molecule has 0 saturated carbocycles. The molecule has 0 saturated heterocycles. The molecule has 1 N–H and O–H groups in total. The summed E-state index contributed by atoms with van der Waals surface area (Å²) in [5, 5.41) is 3.50. The van der Waals surface area contributed by atoms with E-state index in [1.54, 1.807) is 0 Å². The maximum Gasteiger partial charge on any atom is 0.0399 e. The predicted octanol–water partition coefficient (Wildman–Crippen LogP) is 4.56. The van der Waals surface area contributed by atoms with Crippen LogP contribution < -0.4 is 10.2 Å². The average molecular weight is 345 g/mol. The Hall–Kier alpha value is -1.48. The van der Waals surface area contributed by atoms with Crippen molar-refractivity contribution in [2.75, 3.05) is 29.9 Å². The second-order valence-electron chi connectivity index (χ2n) is 5.82. The molecule has 1 aliphatic heterocycles. The average Bonchev–Trinajstić information content (AvgIpc) is 2.49. The number of nitrogens with one attached hydrogen (secondary N) is 1. The number of hydrogen-bond donors (Lipinski definition) is 1. The minimum absolute atomic E-state index is 0.729. The van der Waals surface area contributed by atoms with Crippen LogP contribution in [0.15, 0.2) is 53.0 Å². The van der Waals surface area contributed by atoms with Crippen LogP contribution in [0.5, 0.6) is 0 Å². The van der Waals surface area contributed by atoms with E-state index >= 15 is 0 Å². The van der Waals surface area contributed by atoms with Gasteiger partial charge < -0.3 is 10.2 Å². The monoisotopic (exact) mass is 344 g/mol. The second kappa shape index (κ2) is 6.52. The number of hydrogen-bond acceptors (Lipinski definition) is 2. The van der Waals surface area contributed by atoms with E-state index in [2.05, 4.69) is 81.6 Å². The molecule has 2 aromatic rings. The molecule has 0 bridgehead atoms. The van der Waals surface area contributed by atoms with Gasteiger partial charge in [-0.3, -0.25) is 0 Å². The van der Waals surface area contributed by atoms with Crippen molar-refractivity contribution in [2.45, 2.75) is 13.3 Å². The highest BCUT2D eigenvalue weighted by atomic mass is 79.9. The van der Waals surface area contributed by atoms with E-state index in [1.807, 2.05) is 0 Å². The number of nitrogens with zero attached hydrogens (tertiary/aromatic N) is 1. The van der Waals surface area contributed by atoms with Gasteiger partial charge in [-0.25, -0.2) is 0 Å². The van der Waals surface area contributed by atoms with Crippen molar-refractivity contribution in [1.82, 2.24) is 0 Å². The van der Waals surface area contributed by atoms with Crippen LogP contribution in [-0.2, 0) is 6.42 Å². The Morgan fingerprint density at radius 2 is 1.90 bits per heavy atom. The summed E-state index contributed by atoms with van der Waals surface area (Å²) in [4.78, 5) is 2.51. The minimum Gasteiger partial charge on any atom is -0.383 e. The standard InChI is InChI=1S/C18H21BrN2/c1-14-12-15-4-2-3-5-18(15)21(13-14)11-10-20-17-8-6-16(19)7-9-17/h2-9,14,20H,10-13H2,1H3. The summed E-state index contributed by atoms with van der Waals surface area (Å²) in [6, 6.07) is 17.2. The van der Waals surface area contributed by atoms with Gasteiger partial charge in [0.05, 0.1) is 0 Å². The third-order valence-corrected chi connectivity index (χ3v) is 4.52. The van der Waals surface area contributed by atoms with Crippen LogP contribution in [0.4, 0.5) is 11.4 Å². The normalized spacial score (nSPS) is 17.4. The lowest BCUT2D eigenvalue weighted by molar-refractivity contribution is 0.535. The largest absolute Gasteiger partial charge is 0.383 e. The molecule has 1 unspecified atom stereocenters. The maximum atomic E-state index is 3.50. The van der Waals surface area contributed by atoms with Crippen molar-refractivity contribution in [2.24, 2.45) is 5.92 Å². The van der Waals surface area contributed by atoms with E-state index < -0.39 is 0 Å². The van der Waals surface area contributed by atoms with E-state index in [0.29, 0.717) is 0 Å². The van der Waals surface area contributed by atoms with Gasteiger partial charge in [0.1, 0.15) is 0 Å². The van der Waals surface area contributed by atoms with Crippen LogP contribution in [0.3, 0.4) is 0 Å². The molecule has 3 rings (SSSR count). The first-order chi connectivity index (χ1) is 10.2. The highest BCUT2D eigenvalue weighted by molar-refractivity contribution is 9.10. The van der Waals surface area contributed by atoms with E-state index in [0.717, 1.165) is 30.0 Å². The van der Waals surface area contributed by atoms with Gasteiger partial charge in [-0.15, -0.1) is 0 Å². The summed E-state index contributed by atoms with van der Waals surface area (Å²) in [7, 11) is 0. The van der Waals surface area contributed by atoms with Crippen molar-refractivity contribution in [3.63, 3.8) is 0 Å². The lowest BCUT2D eigenvalue weighted by Gasteiger charge is -2.35. The number of anilines is 2. The molecule has 1 heterocycles. The zero-order valence-corrected chi connectivity index (χ0v) is 13.9. The van der Waals surface area contributed by atoms with Crippen LogP contribution in [-0.4, -0.2) is 19.6 Å². The molecule has 0 aliphatic carbocycles. The Bertz CT molecular complexity index is 594. The van der Waals surface area contributed by atoms with Crippen molar-refractivity contribution >= 4 is 27.3 Å². The third kappa shape index (κ3) is 3.59. The molecular formula is C18H21BrN2. The zero-order valence-electron chi connectivity index (χ0n) is 12.3. The van der Waals surface area contributed by atoms with Gasteiger partial charge in [0.15, 0.2) is 0 Å². The van der Waals surface area contributed by atoms with Crippen LogP contribution in [0.25, 0.3) is 0 Å². The first-order valence-electron chi connectivity index (χ1n) is 7.54. The van der Waals surface area contributed by atoms with Crippen LogP contribution >= 0.6 is 15.9 Å². The summed E-state index contributed by atoms with van der Waals surface area (Å²) in [6.45, 7) is 5.49. The van der Waals surface area contributed by atoms with Crippen LogP contribution in [0, 0.1) is 5.92 Å². The van der Waals surface area contributed by atoms with Crippen LogP contribution in [0.2, 0.25) is 0 Å². The fourth-order valence-corrected chi connectivity index (χ4v) is 3.29. The van der Waals surface area contributed by atoms with Crippen molar-refractivity contribution in [3.8, 4) is 0 Å². The molecule has 2 aromatic carbocycles. The van der Waals surface area contributed by atoms with Crippen molar-refractivity contribution in [1.29, 1.82) is 0 Å². The maximum absolute atomic E-state index is 3.50. The Labute approximate surface area is 135 Å². The summed E-state index contributed by atoms with van der Waals surface area (Å²) in [6.07, 6.45) is 1.20. The molecule has 1 atom stereocenters. The number of halogens is 1. The van der Waals surface area contributed by atoms with Crippen molar-refractivity contribution < 1.29 is 0 Å². The summed E-state index contributed by atoms with van der Waals surface area (Å²) >= 11 is 3.46. The van der Waals surface area contributed by atoms with Gasteiger partial charge in [-0.2, -0.15) is 0 Å². The fourth-order valence-electron chi connectivity index (χ4n) is 3.02. The molecule has 0 spiro atoms. The Balaban J connectivity index is 1.61.